The first-order chi connectivity index (χ1) is 17.0. The van der Waals surface area contributed by atoms with Crippen LogP contribution in [-0.2, 0) is 11.3 Å². The van der Waals surface area contributed by atoms with Crippen molar-refractivity contribution < 1.29 is 19.0 Å². The van der Waals surface area contributed by atoms with Crippen molar-refractivity contribution in [3.63, 3.8) is 0 Å². The summed E-state index contributed by atoms with van der Waals surface area (Å²) in [7, 11) is 0. The smallest absolute Gasteiger partial charge is 0.262 e. The zero-order valence-corrected chi connectivity index (χ0v) is 20.1. The monoisotopic (exact) mass is 485 g/mol. The first-order valence-electron chi connectivity index (χ1n) is 11.3. The second-order valence-electron chi connectivity index (χ2n) is 8.68. The lowest BCUT2D eigenvalue weighted by molar-refractivity contribution is -0.118. The van der Waals surface area contributed by atoms with Crippen molar-refractivity contribution in [2.45, 2.75) is 20.4 Å². The van der Waals surface area contributed by atoms with Crippen molar-refractivity contribution in [1.29, 1.82) is 0 Å². The highest BCUT2D eigenvalue weighted by Gasteiger charge is 2.19. The molecular formula is C27H23N3O4S. The van der Waals surface area contributed by atoms with E-state index in [9.17, 15) is 4.79 Å². The number of carbonyl (C=O) groups is 1. The average Bonchev–Trinajstić information content (AvgIpc) is 3.45. The Morgan fingerprint density at radius 2 is 1.74 bits per heavy atom. The number of aromatic nitrogens is 1. The molecule has 0 saturated heterocycles. The summed E-state index contributed by atoms with van der Waals surface area (Å²) < 4.78 is 18.8. The van der Waals surface area contributed by atoms with E-state index < -0.39 is 0 Å². The van der Waals surface area contributed by atoms with Crippen LogP contribution in [0.25, 0.3) is 11.3 Å². The van der Waals surface area contributed by atoms with Crippen LogP contribution in [0.5, 0.6) is 17.2 Å². The van der Waals surface area contributed by atoms with Crippen LogP contribution < -0.4 is 24.3 Å². The lowest BCUT2D eigenvalue weighted by Gasteiger charge is -2.19. The van der Waals surface area contributed by atoms with Gasteiger partial charge in [0, 0.05) is 10.9 Å². The molecule has 2 aliphatic heterocycles. The number of carbonyl (C=O) groups excluding carboxylic acids is 1. The standard InChI is InChI=1S/C27H23N3O4S/c1-16-7-17(2)9-20(8-16)28-27-30(12-18-3-5-24-25(10-18)34-15-33-24)22(14-35-27)19-4-6-23-21(11-19)29-26(31)13-32-23/h3-11,14H,12-13,15H2,1-2H3,(H,29,31). The Morgan fingerprint density at radius 1 is 0.943 bits per heavy atom. The van der Waals surface area contributed by atoms with Gasteiger partial charge in [0.2, 0.25) is 6.79 Å². The molecule has 3 aromatic carbocycles. The second kappa shape index (κ2) is 8.63. The van der Waals surface area contributed by atoms with Crippen molar-refractivity contribution in [3.8, 4) is 28.5 Å². The Kier molecular flexibility index (Phi) is 5.30. The lowest BCUT2D eigenvalue weighted by Crippen LogP contribution is -2.25. The van der Waals surface area contributed by atoms with Crippen LogP contribution in [0.2, 0.25) is 0 Å². The van der Waals surface area contributed by atoms with Gasteiger partial charge < -0.3 is 24.1 Å². The van der Waals surface area contributed by atoms with Crippen molar-refractivity contribution in [2.24, 2.45) is 4.99 Å². The van der Waals surface area contributed by atoms with Gasteiger partial charge in [0.1, 0.15) is 5.75 Å². The maximum absolute atomic E-state index is 11.9. The third-order valence-corrected chi connectivity index (χ3v) is 6.78. The minimum absolute atomic E-state index is 0.0356. The van der Waals surface area contributed by atoms with Gasteiger partial charge in [-0.1, -0.05) is 12.1 Å². The molecule has 0 atom stereocenters. The highest BCUT2D eigenvalue weighted by atomic mass is 32.1. The summed E-state index contributed by atoms with van der Waals surface area (Å²) in [6, 6.07) is 18.2. The molecule has 176 valence electrons. The number of hydrogen-bond acceptors (Lipinski definition) is 6. The van der Waals surface area contributed by atoms with Crippen LogP contribution in [-0.4, -0.2) is 23.9 Å². The molecule has 35 heavy (non-hydrogen) atoms. The van der Waals surface area contributed by atoms with Gasteiger partial charge in [-0.15, -0.1) is 11.3 Å². The number of benzene rings is 3. The summed E-state index contributed by atoms with van der Waals surface area (Å²) in [6.07, 6.45) is 0. The molecule has 0 bridgehead atoms. The maximum Gasteiger partial charge on any atom is 0.262 e. The van der Waals surface area contributed by atoms with E-state index in [-0.39, 0.29) is 19.3 Å². The molecule has 1 aromatic heterocycles. The normalized spacial score (nSPS) is 14.5. The molecule has 1 amide bonds. The van der Waals surface area contributed by atoms with E-state index in [1.165, 1.54) is 11.1 Å². The van der Waals surface area contributed by atoms with Gasteiger partial charge in [-0.3, -0.25) is 4.79 Å². The predicted octanol–water partition coefficient (Wildman–Crippen LogP) is 5.17. The molecule has 0 fully saturated rings. The van der Waals surface area contributed by atoms with E-state index in [1.807, 2.05) is 36.4 Å². The molecule has 0 radical (unpaired) electrons. The molecule has 0 saturated carbocycles. The summed E-state index contributed by atoms with van der Waals surface area (Å²) in [4.78, 5) is 17.7. The Hall–Kier alpha value is -4.04. The molecule has 3 heterocycles. The second-order valence-corrected chi connectivity index (χ2v) is 9.52. The summed E-state index contributed by atoms with van der Waals surface area (Å²) in [5, 5.41) is 5.00. The van der Waals surface area contributed by atoms with Gasteiger partial charge in [-0.25, -0.2) is 4.99 Å². The van der Waals surface area contributed by atoms with Gasteiger partial charge in [0.25, 0.3) is 5.91 Å². The number of rotatable bonds is 4. The summed E-state index contributed by atoms with van der Waals surface area (Å²) in [6.45, 7) is 5.03. The van der Waals surface area contributed by atoms with Crippen molar-refractivity contribution in [3.05, 3.63) is 81.5 Å². The van der Waals surface area contributed by atoms with Crippen molar-refractivity contribution in [1.82, 2.24) is 4.57 Å². The lowest BCUT2D eigenvalue weighted by atomic mass is 10.1. The quantitative estimate of drug-likeness (QED) is 0.433. The van der Waals surface area contributed by atoms with Gasteiger partial charge >= 0.3 is 0 Å². The largest absolute Gasteiger partial charge is 0.482 e. The van der Waals surface area contributed by atoms with E-state index >= 15 is 0 Å². The number of nitrogens with one attached hydrogen (secondary N) is 1. The van der Waals surface area contributed by atoms with Crippen molar-refractivity contribution >= 4 is 28.6 Å². The number of thiazole rings is 1. The molecule has 0 aliphatic carbocycles. The third kappa shape index (κ3) is 4.28. The van der Waals surface area contributed by atoms with Gasteiger partial charge in [-0.2, -0.15) is 0 Å². The van der Waals surface area contributed by atoms with E-state index in [0.29, 0.717) is 18.0 Å². The Bertz CT molecular complexity index is 1520. The van der Waals surface area contributed by atoms with E-state index in [1.54, 1.807) is 11.3 Å². The van der Waals surface area contributed by atoms with E-state index in [4.69, 9.17) is 19.2 Å². The molecule has 7 nitrogen and oxygen atoms in total. The Labute approximate surface area is 206 Å². The molecular weight excluding hydrogens is 462 g/mol. The molecule has 0 spiro atoms. The Morgan fingerprint density at radius 3 is 2.60 bits per heavy atom. The zero-order valence-electron chi connectivity index (χ0n) is 19.3. The van der Waals surface area contributed by atoms with Crippen LogP contribution in [0, 0.1) is 13.8 Å². The molecule has 2 aliphatic rings. The summed E-state index contributed by atoms with van der Waals surface area (Å²) in [5.41, 5.74) is 6.98. The fourth-order valence-electron chi connectivity index (χ4n) is 4.39. The van der Waals surface area contributed by atoms with E-state index in [0.717, 1.165) is 38.8 Å². The average molecular weight is 486 g/mol. The maximum atomic E-state index is 11.9. The Balaban J connectivity index is 1.47. The summed E-state index contributed by atoms with van der Waals surface area (Å²) in [5.74, 6) is 2.03. The number of aryl methyl sites for hydroxylation is 2. The number of fused-ring (bicyclic) bond motifs is 2. The number of amides is 1. The fraction of sp³-hybridized carbons (Fsp3) is 0.185. The minimum Gasteiger partial charge on any atom is -0.482 e. The van der Waals surface area contributed by atoms with E-state index in [2.05, 4.69) is 47.3 Å². The van der Waals surface area contributed by atoms with Gasteiger partial charge in [0.05, 0.1) is 23.6 Å². The number of ether oxygens (including phenoxy) is 3. The first-order valence-corrected chi connectivity index (χ1v) is 12.2. The molecule has 6 rings (SSSR count). The number of anilines is 1. The number of nitrogens with zero attached hydrogens (tertiary/aromatic N) is 2. The molecule has 1 N–H and O–H groups in total. The minimum atomic E-state index is -0.154. The first kappa shape index (κ1) is 21.5. The van der Waals surface area contributed by atoms with Gasteiger partial charge in [0.15, 0.2) is 22.9 Å². The zero-order chi connectivity index (χ0) is 23.9. The van der Waals surface area contributed by atoms with Crippen LogP contribution in [0.15, 0.2) is 65.0 Å². The topological polar surface area (TPSA) is 74.1 Å². The van der Waals surface area contributed by atoms with Crippen molar-refractivity contribution in [2.75, 3.05) is 18.7 Å². The highest BCUT2D eigenvalue weighted by Crippen LogP contribution is 2.35. The predicted molar refractivity (Wildman–Crippen MR) is 135 cm³/mol. The van der Waals surface area contributed by atoms with Crippen LogP contribution >= 0.6 is 11.3 Å². The molecule has 0 unspecified atom stereocenters. The summed E-state index contributed by atoms with van der Waals surface area (Å²) >= 11 is 1.58. The number of hydrogen-bond donors (Lipinski definition) is 1. The van der Waals surface area contributed by atoms with Crippen LogP contribution in [0.4, 0.5) is 11.4 Å². The third-order valence-electron chi connectivity index (χ3n) is 5.91. The SMILES string of the molecule is Cc1cc(C)cc(N=c2scc(-c3ccc4c(c3)NC(=O)CO4)n2Cc2ccc3c(c2)OCO3)c1. The fourth-order valence-corrected chi connectivity index (χ4v) is 5.32. The van der Waals surface area contributed by atoms with Gasteiger partial charge in [-0.05, 0) is 73.0 Å². The highest BCUT2D eigenvalue weighted by molar-refractivity contribution is 7.07. The van der Waals surface area contributed by atoms with Crippen LogP contribution in [0.3, 0.4) is 0 Å². The molecule has 4 aromatic rings. The molecule has 8 heteroatoms. The van der Waals surface area contributed by atoms with Crippen LogP contribution in [0.1, 0.15) is 16.7 Å².